The third kappa shape index (κ3) is 2.18. The quantitative estimate of drug-likeness (QED) is 0.502. The van der Waals surface area contributed by atoms with E-state index in [-0.39, 0.29) is 5.69 Å². The van der Waals surface area contributed by atoms with Crippen molar-refractivity contribution in [3.8, 4) is 0 Å². The minimum Gasteiger partial charge on any atom is -0.326 e. The summed E-state index contributed by atoms with van der Waals surface area (Å²) in [5.41, 5.74) is 6.34. The van der Waals surface area contributed by atoms with Gasteiger partial charge in [0.25, 0.3) is 5.69 Å². The minimum atomic E-state index is -0.409. The summed E-state index contributed by atoms with van der Waals surface area (Å²) in [6, 6.07) is 3.10. The zero-order chi connectivity index (χ0) is 10.0. The Morgan fingerprint density at radius 2 is 2.23 bits per heavy atom. The van der Waals surface area contributed by atoms with Gasteiger partial charge in [-0.15, -0.1) is 0 Å². The Bertz CT molecular complexity index is 357. The molecule has 0 aliphatic carbocycles. The van der Waals surface area contributed by atoms with Gasteiger partial charge in [-0.1, -0.05) is 15.9 Å². The number of halogens is 2. The lowest BCUT2D eigenvalue weighted by atomic mass is 10.2. The summed E-state index contributed by atoms with van der Waals surface area (Å²) >= 11 is 5.21. The van der Waals surface area contributed by atoms with Gasteiger partial charge in [-0.3, -0.25) is 10.1 Å². The lowest BCUT2D eigenvalue weighted by Gasteiger charge is -2.04. The van der Waals surface area contributed by atoms with E-state index in [1.807, 2.05) is 22.6 Å². The highest BCUT2D eigenvalue weighted by atomic mass is 127. The molecule has 0 atom stereocenters. The normalized spacial score (nSPS) is 10.1. The topological polar surface area (TPSA) is 69.2 Å². The van der Waals surface area contributed by atoms with E-state index in [2.05, 4.69) is 15.9 Å². The predicted molar refractivity (Wildman–Crippen MR) is 61.4 cm³/mol. The Labute approximate surface area is 96.9 Å². The Balaban J connectivity index is 3.35. The number of rotatable bonds is 2. The van der Waals surface area contributed by atoms with E-state index in [1.54, 1.807) is 6.07 Å². The molecule has 2 N–H and O–H groups in total. The van der Waals surface area contributed by atoms with Crippen molar-refractivity contribution in [2.24, 2.45) is 5.73 Å². The highest BCUT2D eigenvalue weighted by molar-refractivity contribution is 14.1. The maximum absolute atomic E-state index is 10.5. The van der Waals surface area contributed by atoms with Crippen LogP contribution in [0.4, 0.5) is 5.69 Å². The molecule has 0 fully saturated rings. The molecule has 13 heavy (non-hydrogen) atoms. The van der Waals surface area contributed by atoms with Gasteiger partial charge in [0.2, 0.25) is 0 Å². The Morgan fingerprint density at radius 1 is 1.62 bits per heavy atom. The largest absolute Gasteiger partial charge is 0.326 e. The van der Waals surface area contributed by atoms with Crippen LogP contribution in [-0.2, 0) is 6.54 Å². The Morgan fingerprint density at radius 3 is 2.69 bits per heavy atom. The fourth-order valence-corrected chi connectivity index (χ4v) is 2.66. The minimum absolute atomic E-state index is 0.101. The summed E-state index contributed by atoms with van der Waals surface area (Å²) in [4.78, 5) is 10.1. The van der Waals surface area contributed by atoms with Crippen LogP contribution >= 0.6 is 38.5 Å². The van der Waals surface area contributed by atoms with Crippen LogP contribution in [0.1, 0.15) is 5.56 Å². The molecular weight excluding hydrogens is 351 g/mol. The molecule has 0 saturated carbocycles. The first-order valence-corrected chi connectivity index (χ1v) is 5.26. The van der Waals surface area contributed by atoms with E-state index in [0.29, 0.717) is 10.1 Å². The number of nitrogens with two attached hydrogens (primary N) is 1. The van der Waals surface area contributed by atoms with Gasteiger partial charge in [-0.05, 0) is 28.7 Å². The third-order valence-corrected chi connectivity index (χ3v) is 3.51. The summed E-state index contributed by atoms with van der Waals surface area (Å²) in [6.45, 7) is 0.292. The van der Waals surface area contributed by atoms with Crippen molar-refractivity contribution >= 4 is 44.2 Å². The average Bonchev–Trinajstić information content (AvgIpc) is 2.04. The number of nitro benzene ring substituents is 1. The van der Waals surface area contributed by atoms with Gasteiger partial charge in [-0.2, -0.15) is 0 Å². The molecule has 0 amide bonds. The van der Waals surface area contributed by atoms with E-state index in [1.165, 1.54) is 6.07 Å². The first kappa shape index (κ1) is 10.9. The highest BCUT2D eigenvalue weighted by Gasteiger charge is 2.16. The maximum Gasteiger partial charge on any atom is 0.283 e. The summed E-state index contributed by atoms with van der Waals surface area (Å²) < 4.78 is 1.41. The van der Waals surface area contributed by atoms with Gasteiger partial charge in [0.1, 0.15) is 0 Å². The molecule has 4 nitrogen and oxygen atoms in total. The molecule has 0 radical (unpaired) electrons. The second-order valence-corrected chi connectivity index (χ2v) is 4.25. The molecular formula is C7H6BrIN2O2. The molecule has 0 spiro atoms. The van der Waals surface area contributed by atoms with Crippen molar-refractivity contribution in [3.63, 3.8) is 0 Å². The molecule has 0 bridgehead atoms. The smallest absolute Gasteiger partial charge is 0.283 e. The van der Waals surface area contributed by atoms with Crippen molar-refractivity contribution in [2.75, 3.05) is 0 Å². The van der Waals surface area contributed by atoms with E-state index in [0.717, 1.165) is 10.0 Å². The first-order chi connectivity index (χ1) is 6.07. The van der Waals surface area contributed by atoms with Crippen molar-refractivity contribution in [2.45, 2.75) is 6.54 Å². The monoisotopic (exact) mass is 356 g/mol. The molecule has 0 saturated heterocycles. The van der Waals surface area contributed by atoms with Gasteiger partial charge in [0, 0.05) is 22.6 Å². The highest BCUT2D eigenvalue weighted by Crippen LogP contribution is 2.29. The molecule has 0 aliphatic rings. The van der Waals surface area contributed by atoms with Crippen molar-refractivity contribution in [3.05, 3.63) is 35.9 Å². The maximum atomic E-state index is 10.5. The van der Waals surface area contributed by atoms with Crippen LogP contribution in [0.2, 0.25) is 0 Å². The van der Waals surface area contributed by atoms with Gasteiger partial charge >= 0.3 is 0 Å². The number of nitrogens with zero attached hydrogens (tertiary/aromatic N) is 1. The fourth-order valence-electron chi connectivity index (χ4n) is 0.913. The number of hydrogen-bond donors (Lipinski definition) is 1. The van der Waals surface area contributed by atoms with E-state index in [9.17, 15) is 10.1 Å². The molecule has 6 heteroatoms. The molecule has 0 aromatic heterocycles. The van der Waals surface area contributed by atoms with Gasteiger partial charge in [0.05, 0.1) is 8.49 Å². The van der Waals surface area contributed by atoms with Crippen LogP contribution in [0, 0.1) is 13.7 Å². The lowest BCUT2D eigenvalue weighted by molar-refractivity contribution is -0.385. The fraction of sp³-hybridized carbons (Fsp3) is 0.143. The van der Waals surface area contributed by atoms with Crippen molar-refractivity contribution in [1.29, 1.82) is 0 Å². The molecule has 70 valence electrons. The molecule has 0 aliphatic heterocycles. The summed E-state index contributed by atoms with van der Waals surface area (Å²) in [7, 11) is 0. The van der Waals surface area contributed by atoms with E-state index in [4.69, 9.17) is 5.73 Å². The molecule has 0 unspecified atom stereocenters. The van der Waals surface area contributed by atoms with Crippen LogP contribution in [-0.4, -0.2) is 4.92 Å². The number of nitro groups is 1. The van der Waals surface area contributed by atoms with Crippen LogP contribution in [0.25, 0.3) is 0 Å². The Kier molecular flexibility index (Phi) is 3.63. The van der Waals surface area contributed by atoms with Crippen molar-refractivity contribution < 1.29 is 4.92 Å². The molecule has 1 aromatic rings. The molecule has 0 heterocycles. The summed E-state index contributed by atoms with van der Waals surface area (Å²) in [6.07, 6.45) is 0. The second-order valence-electron chi connectivity index (χ2n) is 2.32. The summed E-state index contributed by atoms with van der Waals surface area (Å²) in [5, 5.41) is 10.5. The predicted octanol–water partition coefficient (Wildman–Crippen LogP) is 2.42. The van der Waals surface area contributed by atoms with E-state index >= 15 is 0 Å². The van der Waals surface area contributed by atoms with Gasteiger partial charge in [-0.25, -0.2) is 0 Å². The van der Waals surface area contributed by atoms with Crippen LogP contribution in [0.3, 0.4) is 0 Å². The molecule has 1 rings (SSSR count). The standard InChI is InChI=1S/C7H6BrIN2O2/c8-5-1-2-6(11(12)13)7(9)4(5)3-10/h1-2H,3,10H2. The second kappa shape index (κ2) is 4.34. The van der Waals surface area contributed by atoms with Gasteiger partial charge < -0.3 is 5.73 Å². The zero-order valence-electron chi connectivity index (χ0n) is 6.46. The third-order valence-electron chi connectivity index (χ3n) is 1.57. The SMILES string of the molecule is NCc1c(Br)ccc([N+](=O)[O-])c1I. The Hall–Kier alpha value is -0.210. The van der Waals surface area contributed by atoms with Crippen LogP contribution in [0.5, 0.6) is 0 Å². The van der Waals surface area contributed by atoms with Gasteiger partial charge in [0.15, 0.2) is 0 Å². The molecule has 1 aromatic carbocycles. The van der Waals surface area contributed by atoms with E-state index < -0.39 is 4.92 Å². The average molecular weight is 357 g/mol. The lowest BCUT2D eigenvalue weighted by Crippen LogP contribution is -2.03. The first-order valence-electron chi connectivity index (χ1n) is 3.39. The number of hydrogen-bond acceptors (Lipinski definition) is 3. The van der Waals surface area contributed by atoms with Crippen LogP contribution < -0.4 is 5.73 Å². The summed E-state index contributed by atoms with van der Waals surface area (Å²) in [5.74, 6) is 0. The number of benzene rings is 1. The van der Waals surface area contributed by atoms with Crippen molar-refractivity contribution in [1.82, 2.24) is 0 Å². The zero-order valence-corrected chi connectivity index (χ0v) is 10.2. The van der Waals surface area contributed by atoms with Crippen LogP contribution in [0.15, 0.2) is 16.6 Å².